The maximum absolute atomic E-state index is 12.9. The van der Waals surface area contributed by atoms with Crippen molar-refractivity contribution >= 4 is 34.4 Å². The van der Waals surface area contributed by atoms with Gasteiger partial charge in [-0.05, 0) is 49.9 Å². The van der Waals surface area contributed by atoms with Gasteiger partial charge in [-0.3, -0.25) is 18.7 Å². The van der Waals surface area contributed by atoms with Gasteiger partial charge in [0.25, 0.3) is 5.56 Å². The number of fused-ring (bicyclic) bond motifs is 1. The molecule has 0 saturated heterocycles. The number of thioether (sulfide) groups is 1. The molecular formula is C22H27N5O3S. The molecule has 2 heterocycles. The molecule has 0 bridgehead atoms. The molecule has 0 unspecified atom stereocenters. The number of carbonyl (C=O) groups is 1. The third kappa shape index (κ3) is 4.87. The van der Waals surface area contributed by atoms with Crippen molar-refractivity contribution in [3.8, 4) is 0 Å². The molecule has 2 aromatic heterocycles. The van der Waals surface area contributed by atoms with E-state index in [9.17, 15) is 14.4 Å². The summed E-state index contributed by atoms with van der Waals surface area (Å²) >= 11 is 1.16. The van der Waals surface area contributed by atoms with Gasteiger partial charge in [0.05, 0.1) is 5.75 Å². The first-order chi connectivity index (χ1) is 14.6. The van der Waals surface area contributed by atoms with Crippen LogP contribution in [0.1, 0.15) is 30.8 Å². The molecule has 0 aliphatic rings. The van der Waals surface area contributed by atoms with E-state index in [2.05, 4.69) is 15.3 Å². The highest BCUT2D eigenvalue weighted by atomic mass is 32.2. The number of anilines is 1. The standard InChI is InChI=1S/C22H27N5O3S/c1-12(2)10-27-19-18(21(29)26(6)22(27)30)20(24-15(5)23-19)31-11-17(28)25-16-8-7-13(3)14(4)9-16/h7-9,12H,10-11H2,1-6H3,(H,25,28). The fourth-order valence-electron chi connectivity index (χ4n) is 3.23. The molecule has 1 amide bonds. The van der Waals surface area contributed by atoms with E-state index >= 15 is 0 Å². The summed E-state index contributed by atoms with van der Waals surface area (Å²) in [5, 5.41) is 3.53. The molecule has 3 rings (SSSR count). The summed E-state index contributed by atoms with van der Waals surface area (Å²) in [6.45, 7) is 10.1. The third-order valence-corrected chi connectivity index (χ3v) is 5.91. The molecule has 9 heteroatoms. The van der Waals surface area contributed by atoms with Crippen molar-refractivity contribution in [1.82, 2.24) is 19.1 Å². The number of nitrogens with one attached hydrogen (secondary N) is 1. The van der Waals surface area contributed by atoms with Crippen LogP contribution in [-0.2, 0) is 18.4 Å². The third-order valence-electron chi connectivity index (χ3n) is 4.94. The van der Waals surface area contributed by atoms with E-state index in [0.29, 0.717) is 23.0 Å². The zero-order valence-electron chi connectivity index (χ0n) is 18.6. The van der Waals surface area contributed by atoms with Gasteiger partial charge in [-0.25, -0.2) is 14.8 Å². The van der Waals surface area contributed by atoms with Crippen LogP contribution in [0.2, 0.25) is 0 Å². The molecule has 8 nitrogen and oxygen atoms in total. The van der Waals surface area contributed by atoms with E-state index in [0.717, 1.165) is 33.1 Å². The Kier molecular flexibility index (Phi) is 6.64. The lowest BCUT2D eigenvalue weighted by Crippen LogP contribution is -2.39. The van der Waals surface area contributed by atoms with Crippen LogP contribution in [0.25, 0.3) is 11.0 Å². The lowest BCUT2D eigenvalue weighted by Gasteiger charge is -2.15. The molecular weight excluding hydrogens is 414 g/mol. The molecule has 0 spiro atoms. The minimum atomic E-state index is -0.461. The second kappa shape index (κ2) is 9.05. The molecule has 0 saturated carbocycles. The van der Waals surface area contributed by atoms with Gasteiger partial charge in [0, 0.05) is 19.3 Å². The number of aryl methyl sites for hydroxylation is 3. The van der Waals surface area contributed by atoms with Gasteiger partial charge in [0.15, 0.2) is 5.65 Å². The Balaban J connectivity index is 1.95. The van der Waals surface area contributed by atoms with E-state index in [1.165, 1.54) is 11.6 Å². The normalized spacial score (nSPS) is 11.3. The quantitative estimate of drug-likeness (QED) is 0.467. The second-order valence-corrected chi connectivity index (χ2v) is 9.03. The van der Waals surface area contributed by atoms with Crippen LogP contribution in [-0.4, -0.2) is 30.8 Å². The Morgan fingerprint density at radius 2 is 1.84 bits per heavy atom. The van der Waals surface area contributed by atoms with E-state index in [4.69, 9.17) is 0 Å². The average Bonchev–Trinajstić information content (AvgIpc) is 2.70. The van der Waals surface area contributed by atoms with Crippen LogP contribution in [0.3, 0.4) is 0 Å². The maximum Gasteiger partial charge on any atom is 0.332 e. The molecule has 1 N–H and O–H groups in total. The van der Waals surface area contributed by atoms with Crippen molar-refractivity contribution in [1.29, 1.82) is 0 Å². The number of carbonyl (C=O) groups excluding carboxylic acids is 1. The van der Waals surface area contributed by atoms with Gasteiger partial charge in [0.2, 0.25) is 5.91 Å². The van der Waals surface area contributed by atoms with Crippen molar-refractivity contribution in [3.63, 3.8) is 0 Å². The van der Waals surface area contributed by atoms with E-state index in [-0.39, 0.29) is 23.0 Å². The predicted molar refractivity (Wildman–Crippen MR) is 124 cm³/mol. The first kappa shape index (κ1) is 22.7. The van der Waals surface area contributed by atoms with E-state index in [1.807, 2.05) is 45.9 Å². The molecule has 164 valence electrons. The fourth-order valence-corrected chi connectivity index (χ4v) is 4.09. The van der Waals surface area contributed by atoms with Gasteiger partial charge in [0.1, 0.15) is 16.2 Å². The van der Waals surface area contributed by atoms with E-state index in [1.54, 1.807) is 6.92 Å². The smallest absolute Gasteiger partial charge is 0.325 e. The average molecular weight is 442 g/mol. The minimum Gasteiger partial charge on any atom is -0.325 e. The van der Waals surface area contributed by atoms with Crippen LogP contribution >= 0.6 is 11.8 Å². The number of nitrogens with zero attached hydrogens (tertiary/aromatic N) is 4. The maximum atomic E-state index is 12.9. The van der Waals surface area contributed by atoms with Crippen LogP contribution < -0.4 is 16.6 Å². The molecule has 0 radical (unpaired) electrons. The topological polar surface area (TPSA) is 98.9 Å². The first-order valence-corrected chi connectivity index (χ1v) is 11.0. The first-order valence-electron chi connectivity index (χ1n) is 10.1. The van der Waals surface area contributed by atoms with Crippen LogP contribution in [0.15, 0.2) is 32.8 Å². The summed E-state index contributed by atoms with van der Waals surface area (Å²) in [4.78, 5) is 46.9. The molecule has 0 fully saturated rings. The lowest BCUT2D eigenvalue weighted by atomic mass is 10.1. The summed E-state index contributed by atoms with van der Waals surface area (Å²) in [6, 6.07) is 5.73. The zero-order valence-corrected chi connectivity index (χ0v) is 19.5. The summed E-state index contributed by atoms with van der Waals surface area (Å²) < 4.78 is 2.58. The Hall–Kier alpha value is -2.94. The van der Waals surface area contributed by atoms with Crippen LogP contribution in [0.4, 0.5) is 5.69 Å². The molecule has 3 aromatic rings. The van der Waals surface area contributed by atoms with Gasteiger partial charge in [-0.15, -0.1) is 0 Å². The number of amides is 1. The minimum absolute atomic E-state index is 0.0743. The Morgan fingerprint density at radius 3 is 2.48 bits per heavy atom. The second-order valence-electron chi connectivity index (χ2n) is 8.06. The highest BCUT2D eigenvalue weighted by Gasteiger charge is 2.19. The summed E-state index contributed by atoms with van der Waals surface area (Å²) in [5.74, 6) is 0.499. The number of benzene rings is 1. The molecule has 0 aliphatic heterocycles. The monoisotopic (exact) mass is 441 g/mol. The number of hydrogen-bond acceptors (Lipinski definition) is 6. The number of hydrogen-bond donors (Lipinski definition) is 1. The van der Waals surface area contributed by atoms with Crippen molar-refractivity contribution in [3.05, 3.63) is 56.0 Å². The summed E-state index contributed by atoms with van der Waals surface area (Å²) in [5.41, 5.74) is 2.41. The van der Waals surface area contributed by atoms with Gasteiger partial charge >= 0.3 is 5.69 Å². The number of rotatable bonds is 6. The highest BCUT2D eigenvalue weighted by Crippen LogP contribution is 2.23. The van der Waals surface area contributed by atoms with Gasteiger partial charge in [-0.2, -0.15) is 0 Å². The molecule has 1 aromatic carbocycles. The molecule has 0 aliphatic carbocycles. The number of aromatic nitrogens is 4. The lowest BCUT2D eigenvalue weighted by molar-refractivity contribution is -0.113. The van der Waals surface area contributed by atoms with Crippen molar-refractivity contribution in [2.45, 2.75) is 46.2 Å². The summed E-state index contributed by atoms with van der Waals surface area (Å²) in [6.07, 6.45) is 0. The fraction of sp³-hybridized carbons (Fsp3) is 0.409. The highest BCUT2D eigenvalue weighted by molar-refractivity contribution is 8.00. The Morgan fingerprint density at radius 1 is 1.13 bits per heavy atom. The Bertz CT molecular complexity index is 1280. The zero-order chi connectivity index (χ0) is 22.9. The van der Waals surface area contributed by atoms with Crippen LogP contribution in [0.5, 0.6) is 0 Å². The van der Waals surface area contributed by atoms with Gasteiger partial charge < -0.3 is 5.32 Å². The molecule has 0 atom stereocenters. The van der Waals surface area contributed by atoms with E-state index < -0.39 is 11.2 Å². The Labute approximate surface area is 184 Å². The molecule has 31 heavy (non-hydrogen) atoms. The predicted octanol–water partition coefficient (Wildman–Crippen LogP) is 2.80. The summed E-state index contributed by atoms with van der Waals surface area (Å²) in [7, 11) is 1.45. The SMILES string of the molecule is Cc1nc(SCC(=O)Nc2ccc(C)c(C)c2)c2c(=O)n(C)c(=O)n(CC(C)C)c2n1. The van der Waals surface area contributed by atoms with Gasteiger partial charge in [-0.1, -0.05) is 31.7 Å². The largest absolute Gasteiger partial charge is 0.332 e. The van der Waals surface area contributed by atoms with Crippen molar-refractivity contribution in [2.24, 2.45) is 13.0 Å². The van der Waals surface area contributed by atoms with Crippen molar-refractivity contribution in [2.75, 3.05) is 11.1 Å². The van der Waals surface area contributed by atoms with Crippen molar-refractivity contribution < 1.29 is 4.79 Å². The van der Waals surface area contributed by atoms with Crippen LogP contribution in [0, 0.1) is 26.7 Å².